The molecule has 1 N–H and O–H groups in total. The second-order valence-corrected chi connectivity index (χ2v) is 12.9. The predicted molar refractivity (Wildman–Crippen MR) is 164 cm³/mol. The number of carbonyl (C=O) groups is 1. The van der Waals surface area contributed by atoms with Gasteiger partial charge in [0.2, 0.25) is 10.0 Å². The van der Waals surface area contributed by atoms with Crippen LogP contribution in [0, 0.1) is 5.92 Å². The van der Waals surface area contributed by atoms with Crippen molar-refractivity contribution in [2.75, 3.05) is 19.7 Å². The van der Waals surface area contributed by atoms with Gasteiger partial charge < -0.3 is 14.5 Å². The van der Waals surface area contributed by atoms with Crippen molar-refractivity contribution in [3.8, 4) is 17.1 Å². The number of fused-ring (bicyclic) bond motifs is 1. The van der Waals surface area contributed by atoms with E-state index in [9.17, 15) is 18.0 Å². The lowest BCUT2D eigenvalue weighted by Crippen LogP contribution is -2.38. The van der Waals surface area contributed by atoms with Gasteiger partial charge in [0.15, 0.2) is 5.52 Å². The maximum atomic E-state index is 13.8. The largest absolute Gasteiger partial charge is 0.493 e. The Morgan fingerprint density at radius 2 is 1.86 bits per heavy atom. The number of carbonyl (C=O) groups excluding carboxylic acids is 1. The van der Waals surface area contributed by atoms with E-state index in [0.29, 0.717) is 73.4 Å². The number of aromatic amines is 1. The highest BCUT2D eigenvalue weighted by Gasteiger charge is 2.31. The molecule has 0 saturated carbocycles. The first-order valence-corrected chi connectivity index (χ1v) is 16.4. The van der Waals surface area contributed by atoms with E-state index in [-0.39, 0.29) is 41.2 Å². The number of nitrogens with zero attached hydrogens (tertiary/aromatic N) is 5. The third-order valence-electron chi connectivity index (χ3n) is 7.87. The lowest BCUT2D eigenvalue weighted by atomic mass is 9.93. The summed E-state index contributed by atoms with van der Waals surface area (Å²) in [5, 5.41) is 4.48. The molecule has 0 radical (unpaired) electrons. The van der Waals surface area contributed by atoms with Crippen molar-refractivity contribution in [3.63, 3.8) is 0 Å². The number of nitrogens with one attached hydrogen (secondary N) is 1. The normalized spacial score (nSPS) is 14.6. The molecule has 1 saturated heterocycles. The first-order valence-electron chi connectivity index (χ1n) is 15.0. The van der Waals surface area contributed by atoms with Crippen molar-refractivity contribution in [1.29, 1.82) is 0 Å². The van der Waals surface area contributed by atoms with Crippen molar-refractivity contribution < 1.29 is 22.7 Å². The van der Waals surface area contributed by atoms with Crippen LogP contribution in [-0.4, -0.2) is 63.1 Å². The van der Waals surface area contributed by atoms with Crippen LogP contribution in [0.3, 0.4) is 0 Å². The van der Waals surface area contributed by atoms with Gasteiger partial charge in [0.1, 0.15) is 23.7 Å². The summed E-state index contributed by atoms with van der Waals surface area (Å²) in [6.45, 7) is 5.11. The molecule has 0 amide bonds. The summed E-state index contributed by atoms with van der Waals surface area (Å²) in [5.41, 5.74) is 2.48. The number of rotatable bonds is 12. The number of aryl methyl sites for hydroxylation is 2. The molecule has 0 spiro atoms. The predicted octanol–water partition coefficient (Wildman–Crippen LogP) is 3.99. The van der Waals surface area contributed by atoms with Gasteiger partial charge in [0.25, 0.3) is 5.56 Å². The number of hydrogen-bond acceptors (Lipinski definition) is 9. The highest BCUT2D eigenvalue weighted by molar-refractivity contribution is 7.89. The number of benzene rings is 1. The molecule has 5 rings (SSSR count). The van der Waals surface area contributed by atoms with E-state index in [0.717, 1.165) is 12.0 Å². The van der Waals surface area contributed by atoms with Crippen molar-refractivity contribution in [1.82, 2.24) is 29.0 Å². The fraction of sp³-hybridized carbons (Fsp3) is 0.452. The smallest absolute Gasteiger partial charge is 0.306 e. The maximum absolute atomic E-state index is 13.8. The zero-order chi connectivity index (χ0) is 31.3. The number of pyridine rings is 1. The molecule has 12 nitrogen and oxygen atoms in total. The van der Waals surface area contributed by atoms with E-state index in [1.54, 1.807) is 37.6 Å². The number of ether oxygens (including phenoxy) is 2. The summed E-state index contributed by atoms with van der Waals surface area (Å²) in [7, 11) is -2.13. The van der Waals surface area contributed by atoms with Crippen LogP contribution in [0.5, 0.6) is 5.75 Å². The molecule has 3 aromatic heterocycles. The van der Waals surface area contributed by atoms with Gasteiger partial charge in [-0.2, -0.15) is 9.40 Å². The van der Waals surface area contributed by atoms with Crippen molar-refractivity contribution >= 4 is 27.0 Å². The molecule has 1 fully saturated rings. The van der Waals surface area contributed by atoms with E-state index in [4.69, 9.17) is 14.5 Å². The van der Waals surface area contributed by atoms with Crippen LogP contribution in [0.25, 0.3) is 22.4 Å². The molecule has 1 aromatic carbocycles. The third kappa shape index (κ3) is 6.83. The quantitative estimate of drug-likeness (QED) is 0.231. The fourth-order valence-corrected chi connectivity index (χ4v) is 7.04. The van der Waals surface area contributed by atoms with Crippen molar-refractivity contribution in [3.05, 3.63) is 64.3 Å². The van der Waals surface area contributed by atoms with Gasteiger partial charge in [0, 0.05) is 39.0 Å². The summed E-state index contributed by atoms with van der Waals surface area (Å²) in [5.74, 6) is 0.604. The highest BCUT2D eigenvalue weighted by Crippen LogP contribution is 2.33. The summed E-state index contributed by atoms with van der Waals surface area (Å²) in [4.78, 5) is 36.9. The van der Waals surface area contributed by atoms with Crippen LogP contribution in [-0.2, 0) is 39.6 Å². The number of H-pyrrole nitrogens is 1. The number of sulfonamides is 1. The molecule has 0 unspecified atom stereocenters. The lowest BCUT2D eigenvalue weighted by molar-refractivity contribution is -0.145. The molecule has 0 aliphatic carbocycles. The monoisotopic (exact) mass is 622 g/mol. The van der Waals surface area contributed by atoms with Crippen LogP contribution >= 0.6 is 0 Å². The molecule has 1 aliphatic heterocycles. The Morgan fingerprint density at radius 3 is 2.57 bits per heavy atom. The molecule has 4 heterocycles. The molecular weight excluding hydrogens is 584 g/mol. The zero-order valence-corrected chi connectivity index (χ0v) is 26.1. The zero-order valence-electron chi connectivity index (χ0n) is 25.3. The van der Waals surface area contributed by atoms with Crippen LogP contribution in [0.15, 0.2) is 52.4 Å². The van der Waals surface area contributed by atoms with Gasteiger partial charge in [-0.3, -0.25) is 19.3 Å². The Bertz CT molecular complexity index is 1780. The summed E-state index contributed by atoms with van der Waals surface area (Å²) in [6, 6.07) is 8.25. The summed E-state index contributed by atoms with van der Waals surface area (Å²) in [6.07, 6.45) is 7.02. The van der Waals surface area contributed by atoms with E-state index in [1.807, 2.05) is 13.8 Å². The minimum atomic E-state index is -3.84. The number of esters is 1. The standard InChI is InChI=1S/C31H38N6O6S/c1-4-6-25-28-29(36(3)35-25)31(39)34-30(33-28)24-19-23(8-9-26(24)42-5-2)44(40,41)37-17-13-21(14-18-37)7-10-27(38)43-20-22-11-15-32-16-12-22/h8-9,11-12,15-16,19,21H,4-7,10,13-14,17-18,20H2,1-3H3,(H,33,34,39). The average Bonchev–Trinajstić information content (AvgIpc) is 3.35. The van der Waals surface area contributed by atoms with E-state index in [1.165, 1.54) is 21.1 Å². The second-order valence-electron chi connectivity index (χ2n) is 10.9. The molecule has 4 aromatic rings. The molecule has 1 aliphatic rings. The molecule has 0 bridgehead atoms. The first-order chi connectivity index (χ1) is 21.2. The average molecular weight is 623 g/mol. The molecule has 0 atom stereocenters. The van der Waals surface area contributed by atoms with Gasteiger partial charge >= 0.3 is 5.97 Å². The van der Waals surface area contributed by atoms with Gasteiger partial charge in [-0.25, -0.2) is 13.4 Å². The summed E-state index contributed by atoms with van der Waals surface area (Å²) < 4.78 is 41.7. The van der Waals surface area contributed by atoms with Gasteiger partial charge in [-0.1, -0.05) is 13.3 Å². The minimum Gasteiger partial charge on any atom is -0.493 e. The van der Waals surface area contributed by atoms with Crippen LogP contribution in [0.2, 0.25) is 0 Å². The highest BCUT2D eigenvalue weighted by atomic mass is 32.2. The first kappa shape index (κ1) is 31.3. The van der Waals surface area contributed by atoms with Gasteiger partial charge in [-0.05, 0) is 74.4 Å². The number of piperidine rings is 1. The van der Waals surface area contributed by atoms with E-state index in [2.05, 4.69) is 15.1 Å². The van der Waals surface area contributed by atoms with E-state index < -0.39 is 10.0 Å². The Hall–Kier alpha value is -4.10. The van der Waals surface area contributed by atoms with Gasteiger partial charge in [0.05, 0.1) is 22.8 Å². The number of hydrogen-bond donors (Lipinski definition) is 1. The Balaban J connectivity index is 1.30. The number of aromatic nitrogens is 5. The Kier molecular flexibility index (Phi) is 9.74. The van der Waals surface area contributed by atoms with Crippen molar-refractivity contribution in [2.24, 2.45) is 13.0 Å². The third-order valence-corrected chi connectivity index (χ3v) is 9.77. The molecule has 44 heavy (non-hydrogen) atoms. The van der Waals surface area contributed by atoms with Crippen molar-refractivity contribution in [2.45, 2.75) is 63.9 Å². The molecular formula is C31H38N6O6S. The summed E-state index contributed by atoms with van der Waals surface area (Å²) >= 11 is 0. The SMILES string of the molecule is CCCc1nn(C)c2c(=O)[nH]c(-c3cc(S(=O)(=O)N4CCC(CCC(=O)OCc5ccncc5)CC4)ccc3OCC)nc12. The van der Waals surface area contributed by atoms with Crippen LogP contribution in [0.4, 0.5) is 0 Å². The topological polar surface area (TPSA) is 149 Å². The Morgan fingerprint density at radius 1 is 1.11 bits per heavy atom. The fourth-order valence-electron chi connectivity index (χ4n) is 5.54. The minimum absolute atomic E-state index is 0.0943. The van der Waals surface area contributed by atoms with Crippen LogP contribution in [0.1, 0.15) is 57.2 Å². The molecule has 13 heteroatoms. The second kappa shape index (κ2) is 13.7. The van der Waals surface area contributed by atoms with E-state index >= 15 is 0 Å². The van der Waals surface area contributed by atoms with Gasteiger partial charge in [-0.15, -0.1) is 0 Å². The van der Waals surface area contributed by atoms with Crippen LogP contribution < -0.4 is 10.3 Å². The molecule has 234 valence electrons. The Labute approximate surface area is 256 Å². The lowest BCUT2D eigenvalue weighted by Gasteiger charge is -2.31. The maximum Gasteiger partial charge on any atom is 0.306 e.